The first-order valence-electron chi connectivity index (χ1n) is 4.52. The van der Waals surface area contributed by atoms with Crippen molar-refractivity contribution in [3.8, 4) is 0 Å². The van der Waals surface area contributed by atoms with E-state index in [0.29, 0.717) is 6.54 Å². The summed E-state index contributed by atoms with van der Waals surface area (Å²) in [4.78, 5) is 0. The van der Waals surface area contributed by atoms with Crippen molar-refractivity contribution in [2.45, 2.75) is 38.0 Å². The van der Waals surface area contributed by atoms with Crippen LogP contribution >= 0.6 is 0 Å². The second-order valence-electron chi connectivity index (χ2n) is 3.84. The highest BCUT2D eigenvalue weighted by atomic mass is 28.4. The normalized spacial score (nSPS) is 14.8. The molecule has 0 rings (SSSR count). The molecule has 0 aliphatic carbocycles. The van der Waals surface area contributed by atoms with Crippen LogP contribution in [0.25, 0.3) is 0 Å². The molecule has 0 aliphatic heterocycles. The van der Waals surface area contributed by atoms with Crippen LogP contribution in [0.2, 0.25) is 19.1 Å². The zero-order valence-electron chi connectivity index (χ0n) is 8.47. The van der Waals surface area contributed by atoms with Crippen LogP contribution < -0.4 is 11.5 Å². The Morgan fingerprint density at radius 1 is 1.33 bits per heavy atom. The van der Waals surface area contributed by atoms with E-state index in [1.165, 1.54) is 0 Å². The summed E-state index contributed by atoms with van der Waals surface area (Å²) in [6.45, 7) is 5.11. The van der Waals surface area contributed by atoms with Gasteiger partial charge in [0.2, 0.25) is 0 Å². The third-order valence-electron chi connectivity index (χ3n) is 2.21. The molecular weight excluding hydrogens is 168 g/mol. The van der Waals surface area contributed by atoms with Crippen LogP contribution in [0.1, 0.15) is 12.8 Å². The van der Waals surface area contributed by atoms with Crippen molar-refractivity contribution >= 4 is 8.32 Å². The second kappa shape index (κ2) is 5.69. The van der Waals surface area contributed by atoms with E-state index in [0.717, 1.165) is 18.9 Å². The zero-order chi connectivity index (χ0) is 9.61. The average Bonchev–Trinajstić information content (AvgIpc) is 2.02. The molecule has 0 radical (unpaired) electrons. The van der Waals surface area contributed by atoms with Crippen molar-refractivity contribution in [1.82, 2.24) is 0 Å². The third kappa shape index (κ3) is 5.71. The minimum absolute atomic E-state index is 0.261. The monoisotopic (exact) mass is 190 g/mol. The van der Waals surface area contributed by atoms with Crippen molar-refractivity contribution in [3.05, 3.63) is 0 Å². The summed E-state index contributed by atoms with van der Waals surface area (Å²) in [5, 5.41) is 0. The van der Waals surface area contributed by atoms with Crippen molar-refractivity contribution in [1.29, 1.82) is 0 Å². The van der Waals surface area contributed by atoms with Gasteiger partial charge in [-0.3, -0.25) is 0 Å². The van der Waals surface area contributed by atoms with Gasteiger partial charge in [-0.1, -0.05) is 0 Å². The van der Waals surface area contributed by atoms with Crippen LogP contribution in [0.3, 0.4) is 0 Å². The van der Waals surface area contributed by atoms with Crippen molar-refractivity contribution < 1.29 is 4.43 Å². The van der Waals surface area contributed by atoms with Gasteiger partial charge in [0.05, 0.1) is 0 Å². The number of nitrogens with two attached hydrogens (primary N) is 2. The first-order chi connectivity index (χ1) is 5.52. The molecule has 0 saturated heterocycles. The Balaban J connectivity index is 3.52. The lowest BCUT2D eigenvalue weighted by atomic mass is 10.2. The molecule has 4 N–H and O–H groups in total. The fourth-order valence-corrected chi connectivity index (χ4v) is 2.26. The smallest absolute Gasteiger partial charge is 0.186 e. The Morgan fingerprint density at radius 2 is 1.92 bits per heavy atom. The van der Waals surface area contributed by atoms with Crippen LogP contribution in [0.5, 0.6) is 0 Å². The molecule has 1 atom stereocenters. The minimum atomic E-state index is -1.39. The van der Waals surface area contributed by atoms with Gasteiger partial charge in [0.25, 0.3) is 0 Å². The van der Waals surface area contributed by atoms with E-state index in [9.17, 15) is 0 Å². The van der Waals surface area contributed by atoms with Crippen LogP contribution in [0.4, 0.5) is 0 Å². The highest BCUT2D eigenvalue weighted by Crippen LogP contribution is 2.14. The summed E-state index contributed by atoms with van der Waals surface area (Å²) in [7, 11) is 0.402. The van der Waals surface area contributed by atoms with E-state index < -0.39 is 8.32 Å². The molecule has 0 aromatic carbocycles. The average molecular weight is 190 g/mol. The lowest BCUT2D eigenvalue weighted by molar-refractivity contribution is 0.399. The topological polar surface area (TPSA) is 61.3 Å². The summed E-state index contributed by atoms with van der Waals surface area (Å²) in [5.41, 5.74) is 11.2. The summed E-state index contributed by atoms with van der Waals surface area (Å²) >= 11 is 0. The SMILES string of the molecule is CO[Si](C)(C)CCC(N)CCN. The highest BCUT2D eigenvalue weighted by molar-refractivity contribution is 6.71. The number of hydrogen-bond acceptors (Lipinski definition) is 3. The van der Waals surface area contributed by atoms with Crippen molar-refractivity contribution in [2.75, 3.05) is 13.7 Å². The quantitative estimate of drug-likeness (QED) is 0.612. The minimum Gasteiger partial charge on any atom is -0.420 e. The van der Waals surface area contributed by atoms with Gasteiger partial charge in [0.1, 0.15) is 0 Å². The molecule has 0 amide bonds. The van der Waals surface area contributed by atoms with Crippen molar-refractivity contribution in [2.24, 2.45) is 11.5 Å². The predicted octanol–water partition coefficient (Wildman–Crippen LogP) is 0.904. The summed E-state index contributed by atoms with van der Waals surface area (Å²) in [6, 6.07) is 1.39. The summed E-state index contributed by atoms with van der Waals surface area (Å²) in [6.07, 6.45) is 1.97. The van der Waals surface area contributed by atoms with Gasteiger partial charge in [0, 0.05) is 13.2 Å². The van der Waals surface area contributed by atoms with E-state index in [1.54, 1.807) is 7.11 Å². The van der Waals surface area contributed by atoms with Gasteiger partial charge in [-0.25, -0.2) is 0 Å². The highest BCUT2D eigenvalue weighted by Gasteiger charge is 2.20. The molecule has 0 spiro atoms. The molecule has 0 aromatic heterocycles. The molecule has 4 heteroatoms. The largest absolute Gasteiger partial charge is 0.420 e. The Morgan fingerprint density at radius 3 is 2.33 bits per heavy atom. The van der Waals surface area contributed by atoms with Crippen LogP contribution in [-0.4, -0.2) is 28.0 Å². The van der Waals surface area contributed by atoms with Gasteiger partial charge < -0.3 is 15.9 Å². The van der Waals surface area contributed by atoms with Gasteiger partial charge >= 0.3 is 0 Å². The second-order valence-corrected chi connectivity index (χ2v) is 8.27. The fraction of sp³-hybridized carbons (Fsp3) is 1.00. The van der Waals surface area contributed by atoms with E-state index >= 15 is 0 Å². The van der Waals surface area contributed by atoms with Gasteiger partial charge in [-0.2, -0.15) is 0 Å². The summed E-state index contributed by atoms with van der Waals surface area (Å²) < 4.78 is 5.42. The van der Waals surface area contributed by atoms with Crippen molar-refractivity contribution in [3.63, 3.8) is 0 Å². The zero-order valence-corrected chi connectivity index (χ0v) is 9.47. The lowest BCUT2D eigenvalue weighted by Gasteiger charge is -2.21. The predicted molar refractivity (Wildman–Crippen MR) is 55.6 cm³/mol. The maximum Gasteiger partial charge on any atom is 0.186 e. The molecule has 74 valence electrons. The molecule has 0 aliphatic rings. The van der Waals surface area contributed by atoms with E-state index in [1.807, 2.05) is 0 Å². The van der Waals surface area contributed by atoms with Gasteiger partial charge in [-0.15, -0.1) is 0 Å². The fourth-order valence-electron chi connectivity index (χ4n) is 0.993. The Labute approximate surface area is 76.6 Å². The molecule has 0 aromatic rings. The lowest BCUT2D eigenvalue weighted by Crippen LogP contribution is -2.32. The first kappa shape index (κ1) is 12.1. The maximum absolute atomic E-state index is 5.83. The molecule has 0 saturated carbocycles. The van der Waals surface area contributed by atoms with E-state index in [-0.39, 0.29) is 6.04 Å². The molecule has 0 bridgehead atoms. The number of hydrogen-bond donors (Lipinski definition) is 2. The Bertz CT molecular complexity index is 120. The van der Waals surface area contributed by atoms with Gasteiger partial charge in [0.15, 0.2) is 8.32 Å². The number of rotatable bonds is 6. The molecule has 1 unspecified atom stereocenters. The Kier molecular flexibility index (Phi) is 5.74. The van der Waals surface area contributed by atoms with Gasteiger partial charge in [-0.05, 0) is 38.5 Å². The first-order valence-corrected chi connectivity index (χ1v) is 7.64. The maximum atomic E-state index is 5.83. The van der Waals surface area contributed by atoms with E-state index in [4.69, 9.17) is 15.9 Å². The summed E-state index contributed by atoms with van der Waals surface area (Å²) in [5.74, 6) is 0. The Hall–Kier alpha value is 0.0969. The molecule has 3 nitrogen and oxygen atoms in total. The van der Waals surface area contributed by atoms with Crippen LogP contribution in [0.15, 0.2) is 0 Å². The molecule has 0 heterocycles. The van der Waals surface area contributed by atoms with E-state index in [2.05, 4.69) is 13.1 Å². The molecule has 12 heavy (non-hydrogen) atoms. The van der Waals surface area contributed by atoms with Crippen LogP contribution in [-0.2, 0) is 4.43 Å². The van der Waals surface area contributed by atoms with Crippen LogP contribution in [0, 0.1) is 0 Å². The molecular formula is C8H22N2OSi. The standard InChI is InChI=1S/C8H22N2OSi/c1-11-12(2,3)7-5-8(10)4-6-9/h8H,4-7,9-10H2,1-3H3. The third-order valence-corrected chi connectivity index (χ3v) is 4.81. The molecule has 0 fully saturated rings.